The first kappa shape index (κ1) is 14.1. The Hall–Kier alpha value is -2.47. The minimum absolute atomic E-state index is 0.00659. The Kier molecular flexibility index (Phi) is 3.09. The van der Waals surface area contributed by atoms with E-state index >= 15 is 0 Å². The number of rotatable bonds is 2. The lowest BCUT2D eigenvalue weighted by molar-refractivity contribution is 0.401. The Labute approximate surface area is 131 Å². The number of imidazole rings is 1. The fourth-order valence-electron chi connectivity index (χ4n) is 3.33. The Bertz CT molecular complexity index is 883. The first-order chi connectivity index (χ1) is 11.1. The van der Waals surface area contributed by atoms with Gasteiger partial charge in [-0.25, -0.2) is 13.8 Å². The van der Waals surface area contributed by atoms with Crippen molar-refractivity contribution >= 4 is 11.0 Å². The van der Waals surface area contributed by atoms with Crippen molar-refractivity contribution < 1.29 is 13.5 Å². The molecule has 0 aliphatic carbocycles. The number of nitrogens with zero attached hydrogens (tertiary/aromatic N) is 2. The molecule has 4 nitrogen and oxygen atoms in total. The van der Waals surface area contributed by atoms with Crippen LogP contribution < -0.4 is 10.5 Å². The molecule has 23 heavy (non-hydrogen) atoms. The van der Waals surface area contributed by atoms with Crippen LogP contribution in [0.25, 0.3) is 11.0 Å². The first-order valence-electron chi connectivity index (χ1n) is 7.34. The second-order valence-corrected chi connectivity index (χ2v) is 5.71. The van der Waals surface area contributed by atoms with Crippen LogP contribution in [0, 0.1) is 11.6 Å². The Morgan fingerprint density at radius 3 is 2.61 bits per heavy atom. The zero-order chi connectivity index (χ0) is 16.1. The van der Waals surface area contributed by atoms with Crippen LogP contribution in [-0.2, 0) is 6.54 Å². The minimum Gasteiger partial charge on any atom is -0.497 e. The molecule has 1 aromatic heterocycles. The molecule has 0 radical (unpaired) electrons. The summed E-state index contributed by atoms with van der Waals surface area (Å²) in [7, 11) is 1.37. The van der Waals surface area contributed by atoms with E-state index in [-0.39, 0.29) is 11.3 Å². The Morgan fingerprint density at radius 2 is 1.91 bits per heavy atom. The molecule has 2 N–H and O–H groups in total. The summed E-state index contributed by atoms with van der Waals surface area (Å²) in [5, 5.41) is 0. The molecule has 1 aliphatic rings. The van der Waals surface area contributed by atoms with E-state index in [9.17, 15) is 8.78 Å². The number of halogens is 2. The highest BCUT2D eigenvalue weighted by Crippen LogP contribution is 2.41. The maximum atomic E-state index is 14.4. The minimum atomic E-state index is -0.641. The lowest BCUT2D eigenvalue weighted by atomic mass is 9.93. The predicted octanol–water partition coefficient (Wildman–Crippen LogP) is 3.12. The van der Waals surface area contributed by atoms with E-state index in [0.29, 0.717) is 12.4 Å². The van der Waals surface area contributed by atoms with Crippen LogP contribution in [0.3, 0.4) is 0 Å². The molecule has 2 aromatic carbocycles. The molecule has 0 fully saturated rings. The molecular weight excluding hydrogens is 300 g/mol. The highest BCUT2D eigenvalue weighted by molar-refractivity contribution is 5.76. The third-order valence-corrected chi connectivity index (χ3v) is 4.45. The average Bonchev–Trinajstić information content (AvgIpc) is 3.05. The highest BCUT2D eigenvalue weighted by atomic mass is 19.1. The summed E-state index contributed by atoms with van der Waals surface area (Å²) in [6.07, 6.45) is 0. The van der Waals surface area contributed by atoms with E-state index in [2.05, 4.69) is 4.98 Å². The summed E-state index contributed by atoms with van der Waals surface area (Å²) in [4.78, 5) is 4.51. The van der Waals surface area contributed by atoms with Gasteiger partial charge in [0.1, 0.15) is 23.2 Å². The molecular formula is C17H15F2N3O. The molecule has 0 saturated heterocycles. The van der Waals surface area contributed by atoms with Crippen molar-refractivity contribution in [3.63, 3.8) is 0 Å². The molecule has 0 unspecified atom stereocenters. The zero-order valence-corrected chi connectivity index (χ0v) is 12.5. The van der Waals surface area contributed by atoms with Gasteiger partial charge in [-0.15, -0.1) is 0 Å². The molecule has 0 amide bonds. The number of methoxy groups -OCH3 is 1. The predicted molar refractivity (Wildman–Crippen MR) is 82.3 cm³/mol. The third kappa shape index (κ3) is 2.02. The van der Waals surface area contributed by atoms with Crippen LogP contribution in [0.1, 0.15) is 23.3 Å². The monoisotopic (exact) mass is 315 g/mol. The van der Waals surface area contributed by atoms with Gasteiger partial charge in [-0.2, -0.15) is 0 Å². The zero-order valence-electron chi connectivity index (χ0n) is 12.5. The van der Waals surface area contributed by atoms with Crippen LogP contribution >= 0.6 is 0 Å². The number of fused-ring (bicyclic) bond motifs is 3. The van der Waals surface area contributed by atoms with Crippen molar-refractivity contribution in [2.75, 3.05) is 7.11 Å². The van der Waals surface area contributed by atoms with Gasteiger partial charge in [-0.05, 0) is 12.1 Å². The largest absolute Gasteiger partial charge is 0.497 e. The van der Waals surface area contributed by atoms with Gasteiger partial charge in [0.05, 0.1) is 24.2 Å². The topological polar surface area (TPSA) is 53.1 Å². The molecule has 4 rings (SSSR count). The van der Waals surface area contributed by atoms with Gasteiger partial charge < -0.3 is 15.0 Å². The average molecular weight is 315 g/mol. The number of hydrogen-bond acceptors (Lipinski definition) is 3. The van der Waals surface area contributed by atoms with Gasteiger partial charge in [-0.1, -0.05) is 12.1 Å². The van der Waals surface area contributed by atoms with Gasteiger partial charge in [0.2, 0.25) is 0 Å². The number of hydrogen-bond donors (Lipinski definition) is 1. The van der Waals surface area contributed by atoms with Crippen LogP contribution in [0.5, 0.6) is 5.75 Å². The fraction of sp³-hybridized carbons (Fsp3) is 0.235. The molecule has 2 atom stereocenters. The van der Waals surface area contributed by atoms with Gasteiger partial charge in [0.15, 0.2) is 0 Å². The van der Waals surface area contributed by atoms with E-state index in [1.54, 1.807) is 0 Å². The molecule has 118 valence electrons. The van der Waals surface area contributed by atoms with Crippen LogP contribution in [-0.4, -0.2) is 16.7 Å². The standard InChI is InChI=1S/C17H15F2N3O/c1-23-9-6-11(18)15(12(19)7-9)10-8-22-14-5-3-2-4-13(14)21-17(22)16(10)20/h2-7,10,16H,8,20H2,1H3/t10-,16-/m0/s1. The second kappa shape index (κ2) is 5.03. The van der Waals surface area contributed by atoms with E-state index in [0.717, 1.165) is 11.0 Å². The summed E-state index contributed by atoms with van der Waals surface area (Å²) in [6.45, 7) is 0.400. The smallest absolute Gasteiger partial charge is 0.133 e. The van der Waals surface area contributed by atoms with Crippen molar-refractivity contribution in [3.05, 3.63) is 59.4 Å². The number of aromatic nitrogens is 2. The maximum absolute atomic E-state index is 14.4. The van der Waals surface area contributed by atoms with E-state index in [1.165, 1.54) is 19.2 Å². The lowest BCUT2D eigenvalue weighted by Crippen LogP contribution is -2.18. The molecule has 1 aliphatic heterocycles. The van der Waals surface area contributed by atoms with Gasteiger partial charge >= 0.3 is 0 Å². The van der Waals surface area contributed by atoms with Crippen LogP contribution in [0.4, 0.5) is 8.78 Å². The summed E-state index contributed by atoms with van der Waals surface area (Å²) >= 11 is 0. The van der Waals surface area contributed by atoms with E-state index in [1.807, 2.05) is 28.8 Å². The number of ether oxygens (including phenoxy) is 1. The third-order valence-electron chi connectivity index (χ3n) is 4.45. The fourth-order valence-corrected chi connectivity index (χ4v) is 3.33. The summed E-state index contributed by atoms with van der Waals surface area (Å²) in [5.74, 6) is -0.966. The molecule has 3 aromatic rings. The summed E-state index contributed by atoms with van der Waals surface area (Å²) < 4.78 is 35.6. The first-order valence-corrected chi connectivity index (χ1v) is 7.34. The quantitative estimate of drug-likeness (QED) is 0.790. The summed E-state index contributed by atoms with van der Waals surface area (Å²) in [6, 6.07) is 9.45. The number of para-hydroxylation sites is 2. The number of nitrogens with two attached hydrogens (primary N) is 1. The number of benzene rings is 2. The SMILES string of the molecule is COc1cc(F)c([C@@H]2Cn3c(nc4ccccc43)[C@H]2N)c(F)c1. The van der Waals surface area contributed by atoms with Gasteiger partial charge in [0.25, 0.3) is 0 Å². The normalized spacial score (nSPS) is 20.0. The van der Waals surface area contributed by atoms with Gasteiger partial charge in [0, 0.05) is 30.2 Å². The van der Waals surface area contributed by atoms with Crippen molar-refractivity contribution in [2.45, 2.75) is 18.5 Å². The van der Waals surface area contributed by atoms with Gasteiger partial charge in [-0.3, -0.25) is 0 Å². The van der Waals surface area contributed by atoms with E-state index in [4.69, 9.17) is 10.5 Å². The molecule has 2 heterocycles. The van der Waals surface area contributed by atoms with Crippen LogP contribution in [0.15, 0.2) is 36.4 Å². The lowest BCUT2D eigenvalue weighted by Gasteiger charge is -2.17. The maximum Gasteiger partial charge on any atom is 0.133 e. The van der Waals surface area contributed by atoms with Crippen molar-refractivity contribution in [2.24, 2.45) is 5.73 Å². The molecule has 6 heteroatoms. The molecule has 0 spiro atoms. The molecule has 0 saturated carbocycles. The van der Waals surface area contributed by atoms with Crippen LogP contribution in [0.2, 0.25) is 0 Å². The van der Waals surface area contributed by atoms with E-state index < -0.39 is 23.6 Å². The van der Waals surface area contributed by atoms with Crippen molar-refractivity contribution in [1.82, 2.24) is 9.55 Å². The highest BCUT2D eigenvalue weighted by Gasteiger charge is 2.37. The van der Waals surface area contributed by atoms with Crippen molar-refractivity contribution in [3.8, 4) is 5.75 Å². The molecule has 0 bridgehead atoms. The summed E-state index contributed by atoms with van der Waals surface area (Å²) in [5.41, 5.74) is 8.01. The second-order valence-electron chi connectivity index (χ2n) is 5.71. The Balaban J connectivity index is 1.80. The Morgan fingerprint density at radius 1 is 1.22 bits per heavy atom. The van der Waals surface area contributed by atoms with Crippen molar-refractivity contribution in [1.29, 1.82) is 0 Å².